The number of likely N-dealkylation sites (tertiary alicyclic amines) is 1. The molecule has 0 amide bonds. The largest absolute Gasteiger partial charge is 0.316 e. The molecule has 1 rings (SSSR count). The fourth-order valence-corrected chi connectivity index (χ4v) is 1.58. The summed E-state index contributed by atoms with van der Waals surface area (Å²) in [5, 5.41) is 3.33. The second-order valence-corrected chi connectivity index (χ2v) is 3.02. The van der Waals surface area contributed by atoms with Crippen molar-refractivity contribution >= 4 is 0 Å². The molecule has 0 aromatic rings. The van der Waals surface area contributed by atoms with Crippen LogP contribution in [-0.4, -0.2) is 37.6 Å². The fraction of sp³-hybridized carbons (Fsp3) is 1.00. The predicted octanol–water partition coefficient (Wildman–Crippen LogP) is 0.690. The van der Waals surface area contributed by atoms with Gasteiger partial charge in [-0.15, -0.1) is 0 Å². The van der Waals surface area contributed by atoms with Gasteiger partial charge in [-0.3, -0.25) is 0 Å². The zero-order chi connectivity index (χ0) is 7.40. The van der Waals surface area contributed by atoms with E-state index in [4.69, 9.17) is 0 Å². The van der Waals surface area contributed by atoms with Crippen molar-refractivity contribution in [3.05, 3.63) is 0 Å². The average Bonchev–Trinajstić information content (AvgIpc) is 2.05. The van der Waals surface area contributed by atoms with Crippen LogP contribution in [0.4, 0.5) is 0 Å². The van der Waals surface area contributed by atoms with Crippen LogP contribution in [-0.2, 0) is 0 Å². The molecule has 0 aromatic carbocycles. The van der Waals surface area contributed by atoms with E-state index in [1.54, 1.807) is 0 Å². The quantitative estimate of drug-likeness (QED) is 0.610. The molecule has 1 heterocycles. The Bertz CT molecular complexity index is 83.3. The molecular weight excluding hydrogens is 124 g/mol. The van der Waals surface area contributed by atoms with Crippen LogP contribution in [0, 0.1) is 0 Å². The summed E-state index contributed by atoms with van der Waals surface area (Å²) >= 11 is 0. The molecule has 0 radical (unpaired) electrons. The zero-order valence-corrected chi connectivity index (χ0v) is 7.06. The number of hydrogen-bond donors (Lipinski definition) is 1. The number of likely N-dealkylation sites (N-methyl/N-ethyl adjacent to an activating group) is 2. The lowest BCUT2D eigenvalue weighted by atomic mass is 10.1. The molecule has 60 valence electrons. The maximum absolute atomic E-state index is 3.33. The molecule has 1 saturated heterocycles. The highest BCUT2D eigenvalue weighted by Gasteiger charge is 2.15. The van der Waals surface area contributed by atoms with Gasteiger partial charge in [-0.1, -0.05) is 6.92 Å². The van der Waals surface area contributed by atoms with Crippen LogP contribution in [0.15, 0.2) is 0 Å². The lowest BCUT2D eigenvalue weighted by Gasteiger charge is -2.31. The molecule has 1 aliphatic rings. The third kappa shape index (κ3) is 1.96. The van der Waals surface area contributed by atoms with Gasteiger partial charge < -0.3 is 10.2 Å². The van der Waals surface area contributed by atoms with Crippen LogP contribution in [0.2, 0.25) is 0 Å². The van der Waals surface area contributed by atoms with E-state index < -0.39 is 0 Å². The third-order valence-corrected chi connectivity index (χ3v) is 2.36. The predicted molar refractivity (Wildman–Crippen MR) is 44.2 cm³/mol. The maximum atomic E-state index is 3.33. The first-order valence-electron chi connectivity index (χ1n) is 4.26. The molecule has 1 aliphatic heterocycles. The molecule has 2 heteroatoms. The van der Waals surface area contributed by atoms with Crippen molar-refractivity contribution in [2.75, 3.05) is 26.7 Å². The van der Waals surface area contributed by atoms with Gasteiger partial charge in [0.1, 0.15) is 0 Å². The van der Waals surface area contributed by atoms with Gasteiger partial charge in [0.15, 0.2) is 0 Å². The molecule has 2 nitrogen and oxygen atoms in total. The van der Waals surface area contributed by atoms with E-state index in [2.05, 4.69) is 24.2 Å². The highest BCUT2D eigenvalue weighted by Crippen LogP contribution is 2.08. The van der Waals surface area contributed by atoms with Crippen LogP contribution >= 0.6 is 0 Å². The van der Waals surface area contributed by atoms with Crippen LogP contribution in [0.1, 0.15) is 19.8 Å². The number of nitrogens with zero attached hydrogens (tertiary/aromatic N) is 1. The molecular formula is C8H18N2. The van der Waals surface area contributed by atoms with Crippen LogP contribution < -0.4 is 5.32 Å². The number of piperidine rings is 1. The Hall–Kier alpha value is -0.0800. The van der Waals surface area contributed by atoms with Crippen molar-refractivity contribution in [2.24, 2.45) is 0 Å². The number of rotatable bonds is 2. The van der Waals surface area contributed by atoms with Gasteiger partial charge in [0, 0.05) is 12.6 Å². The SMILES string of the molecule is CCN1CCC[C@@H](NC)C1. The molecule has 0 saturated carbocycles. The van der Waals surface area contributed by atoms with Gasteiger partial charge in [-0.25, -0.2) is 0 Å². The minimum absolute atomic E-state index is 0.744. The minimum atomic E-state index is 0.744. The number of hydrogen-bond acceptors (Lipinski definition) is 2. The lowest BCUT2D eigenvalue weighted by Crippen LogP contribution is -2.44. The standard InChI is InChI=1S/C8H18N2/c1-3-10-6-4-5-8(7-10)9-2/h8-9H,3-7H2,1-2H3/t8-/m1/s1. The van der Waals surface area contributed by atoms with E-state index in [9.17, 15) is 0 Å². The van der Waals surface area contributed by atoms with E-state index in [-0.39, 0.29) is 0 Å². The van der Waals surface area contributed by atoms with Gasteiger partial charge in [0.05, 0.1) is 0 Å². The second kappa shape index (κ2) is 3.94. The van der Waals surface area contributed by atoms with Crippen LogP contribution in [0.3, 0.4) is 0 Å². The molecule has 1 atom stereocenters. The van der Waals surface area contributed by atoms with Crippen LogP contribution in [0.25, 0.3) is 0 Å². The first-order valence-corrected chi connectivity index (χ1v) is 4.26. The van der Waals surface area contributed by atoms with Gasteiger partial charge >= 0.3 is 0 Å². The maximum Gasteiger partial charge on any atom is 0.0192 e. The molecule has 10 heavy (non-hydrogen) atoms. The van der Waals surface area contributed by atoms with E-state index in [1.165, 1.54) is 32.5 Å². The van der Waals surface area contributed by atoms with Crippen molar-refractivity contribution in [2.45, 2.75) is 25.8 Å². The lowest BCUT2D eigenvalue weighted by molar-refractivity contribution is 0.204. The normalized spacial score (nSPS) is 28.8. The van der Waals surface area contributed by atoms with Crippen molar-refractivity contribution in [1.29, 1.82) is 0 Å². The number of nitrogens with one attached hydrogen (secondary N) is 1. The molecule has 0 aromatic heterocycles. The highest BCUT2D eigenvalue weighted by molar-refractivity contribution is 4.75. The Morgan fingerprint density at radius 2 is 2.40 bits per heavy atom. The summed E-state index contributed by atoms with van der Waals surface area (Å²) in [6.45, 7) is 5.98. The monoisotopic (exact) mass is 142 g/mol. The Morgan fingerprint density at radius 3 is 3.00 bits per heavy atom. The van der Waals surface area contributed by atoms with E-state index in [0.717, 1.165) is 6.04 Å². The van der Waals surface area contributed by atoms with Gasteiger partial charge in [0.25, 0.3) is 0 Å². The smallest absolute Gasteiger partial charge is 0.0192 e. The van der Waals surface area contributed by atoms with E-state index in [1.807, 2.05) is 0 Å². The summed E-state index contributed by atoms with van der Waals surface area (Å²) in [7, 11) is 2.06. The van der Waals surface area contributed by atoms with Gasteiger partial charge in [0.2, 0.25) is 0 Å². The van der Waals surface area contributed by atoms with Crippen molar-refractivity contribution in [3.63, 3.8) is 0 Å². The topological polar surface area (TPSA) is 15.3 Å². The van der Waals surface area contributed by atoms with Crippen molar-refractivity contribution in [1.82, 2.24) is 10.2 Å². The average molecular weight is 142 g/mol. The second-order valence-electron chi connectivity index (χ2n) is 3.02. The summed E-state index contributed by atoms with van der Waals surface area (Å²) in [6, 6.07) is 0.744. The summed E-state index contributed by atoms with van der Waals surface area (Å²) in [6.07, 6.45) is 2.71. The molecule has 0 aliphatic carbocycles. The van der Waals surface area contributed by atoms with E-state index in [0.29, 0.717) is 0 Å². The van der Waals surface area contributed by atoms with Crippen molar-refractivity contribution < 1.29 is 0 Å². The Labute approximate surface area is 63.6 Å². The summed E-state index contributed by atoms with van der Waals surface area (Å²) in [5.41, 5.74) is 0. The third-order valence-electron chi connectivity index (χ3n) is 2.36. The fourth-order valence-electron chi connectivity index (χ4n) is 1.58. The Balaban J connectivity index is 2.25. The molecule has 0 unspecified atom stereocenters. The minimum Gasteiger partial charge on any atom is -0.316 e. The Morgan fingerprint density at radius 1 is 1.60 bits per heavy atom. The summed E-state index contributed by atoms with van der Waals surface area (Å²) in [5.74, 6) is 0. The zero-order valence-electron chi connectivity index (χ0n) is 7.06. The summed E-state index contributed by atoms with van der Waals surface area (Å²) < 4.78 is 0. The van der Waals surface area contributed by atoms with Gasteiger partial charge in [-0.2, -0.15) is 0 Å². The molecule has 1 fully saturated rings. The highest BCUT2D eigenvalue weighted by atomic mass is 15.1. The molecule has 1 N–H and O–H groups in total. The Kier molecular flexibility index (Phi) is 3.16. The van der Waals surface area contributed by atoms with Crippen LogP contribution in [0.5, 0.6) is 0 Å². The summed E-state index contributed by atoms with van der Waals surface area (Å²) in [4.78, 5) is 2.50. The molecule has 0 spiro atoms. The molecule has 0 bridgehead atoms. The van der Waals surface area contributed by atoms with Gasteiger partial charge in [-0.05, 0) is 33.0 Å². The van der Waals surface area contributed by atoms with Crippen molar-refractivity contribution in [3.8, 4) is 0 Å². The first-order chi connectivity index (χ1) is 4.86. The van der Waals surface area contributed by atoms with E-state index >= 15 is 0 Å². The first kappa shape index (κ1) is 8.02.